The summed E-state index contributed by atoms with van der Waals surface area (Å²) >= 11 is 6.24. The standard InChI is InChI=1S/C17H20ClNO/c1-11-10-17(5-3-2-4-6-17)19-15(20)8-12-7-13(18)9-14(11)16(12)19/h7,9,11H,2-6,8,10H2,1H3. The summed E-state index contributed by atoms with van der Waals surface area (Å²) < 4.78 is 0. The maximum absolute atomic E-state index is 12.6. The summed E-state index contributed by atoms with van der Waals surface area (Å²) in [6.07, 6.45) is 7.82. The van der Waals surface area contributed by atoms with Crippen LogP contribution >= 0.6 is 11.6 Å². The summed E-state index contributed by atoms with van der Waals surface area (Å²) in [5.41, 5.74) is 3.74. The monoisotopic (exact) mass is 289 g/mol. The Morgan fingerprint density at radius 1 is 1.25 bits per heavy atom. The first kappa shape index (κ1) is 12.7. The smallest absolute Gasteiger partial charge is 0.232 e. The highest BCUT2D eigenvalue weighted by Gasteiger charge is 2.50. The van der Waals surface area contributed by atoms with Crippen molar-refractivity contribution in [2.24, 2.45) is 0 Å². The molecule has 2 aliphatic heterocycles. The average molecular weight is 290 g/mol. The minimum atomic E-state index is 0.0980. The summed E-state index contributed by atoms with van der Waals surface area (Å²) in [7, 11) is 0. The topological polar surface area (TPSA) is 20.3 Å². The number of rotatable bonds is 0. The van der Waals surface area contributed by atoms with Crippen molar-refractivity contribution in [3.8, 4) is 0 Å². The normalized spacial score (nSPS) is 27.0. The van der Waals surface area contributed by atoms with Gasteiger partial charge in [0.1, 0.15) is 0 Å². The minimum absolute atomic E-state index is 0.0980. The maximum atomic E-state index is 12.6. The largest absolute Gasteiger partial charge is 0.305 e. The van der Waals surface area contributed by atoms with E-state index in [2.05, 4.69) is 17.9 Å². The molecule has 4 rings (SSSR count). The van der Waals surface area contributed by atoms with Crippen molar-refractivity contribution in [1.82, 2.24) is 0 Å². The van der Waals surface area contributed by atoms with Crippen LogP contribution < -0.4 is 4.90 Å². The van der Waals surface area contributed by atoms with Gasteiger partial charge in [-0.1, -0.05) is 37.8 Å². The van der Waals surface area contributed by atoms with Crippen LogP contribution in [0.25, 0.3) is 0 Å². The molecule has 1 aromatic carbocycles. The quantitative estimate of drug-likeness (QED) is 0.691. The third kappa shape index (κ3) is 1.60. The minimum Gasteiger partial charge on any atom is -0.305 e. The third-order valence-corrected chi connectivity index (χ3v) is 5.69. The van der Waals surface area contributed by atoms with Gasteiger partial charge in [-0.05, 0) is 48.4 Å². The van der Waals surface area contributed by atoms with Crippen molar-refractivity contribution in [1.29, 1.82) is 0 Å². The molecule has 0 N–H and O–H groups in total. The first-order valence-electron chi connectivity index (χ1n) is 7.76. The SMILES string of the molecule is CC1CC2(CCCCC2)N2C(=O)Cc3cc(Cl)cc1c32. The van der Waals surface area contributed by atoms with Gasteiger partial charge in [0.25, 0.3) is 0 Å². The zero-order chi connectivity index (χ0) is 13.9. The number of nitrogens with zero attached hydrogens (tertiary/aromatic N) is 1. The van der Waals surface area contributed by atoms with Gasteiger partial charge in [0.05, 0.1) is 12.1 Å². The molecular weight excluding hydrogens is 270 g/mol. The highest BCUT2D eigenvalue weighted by atomic mass is 35.5. The van der Waals surface area contributed by atoms with E-state index in [0.717, 1.165) is 17.0 Å². The number of anilines is 1. The molecule has 1 saturated carbocycles. The van der Waals surface area contributed by atoms with Crippen molar-refractivity contribution >= 4 is 23.2 Å². The lowest BCUT2D eigenvalue weighted by Crippen LogP contribution is -2.54. The van der Waals surface area contributed by atoms with Crippen LogP contribution in [0.1, 0.15) is 62.5 Å². The second-order valence-electron chi connectivity index (χ2n) is 6.80. The lowest BCUT2D eigenvalue weighted by Gasteiger charge is -2.50. The number of fused-ring (bicyclic) bond motifs is 1. The van der Waals surface area contributed by atoms with Gasteiger partial charge < -0.3 is 4.90 Å². The molecule has 3 aliphatic rings. The molecule has 1 aliphatic carbocycles. The lowest BCUT2D eigenvalue weighted by atomic mass is 9.70. The van der Waals surface area contributed by atoms with Gasteiger partial charge in [0, 0.05) is 10.6 Å². The molecule has 2 nitrogen and oxygen atoms in total. The number of halogens is 1. The molecule has 1 spiro atoms. The molecule has 1 unspecified atom stereocenters. The average Bonchev–Trinajstić information content (AvgIpc) is 2.74. The van der Waals surface area contributed by atoms with Crippen LogP contribution in [0.4, 0.5) is 5.69 Å². The molecule has 2 heterocycles. The Balaban J connectivity index is 1.91. The molecule has 1 fully saturated rings. The van der Waals surface area contributed by atoms with Crippen LogP contribution in [-0.4, -0.2) is 11.4 Å². The fourth-order valence-corrected chi connectivity index (χ4v) is 4.99. The van der Waals surface area contributed by atoms with E-state index in [-0.39, 0.29) is 11.4 Å². The van der Waals surface area contributed by atoms with Crippen molar-refractivity contribution in [3.63, 3.8) is 0 Å². The maximum Gasteiger partial charge on any atom is 0.232 e. The fourth-order valence-electron chi connectivity index (χ4n) is 4.74. The van der Waals surface area contributed by atoms with Gasteiger partial charge in [-0.2, -0.15) is 0 Å². The van der Waals surface area contributed by atoms with E-state index in [1.807, 2.05) is 6.07 Å². The summed E-state index contributed by atoms with van der Waals surface area (Å²) in [5, 5.41) is 0.778. The molecule has 0 aromatic heterocycles. The first-order valence-corrected chi connectivity index (χ1v) is 8.14. The van der Waals surface area contributed by atoms with Gasteiger partial charge in [0.2, 0.25) is 5.91 Å². The number of hydrogen-bond donors (Lipinski definition) is 0. The molecule has 0 radical (unpaired) electrons. The summed E-state index contributed by atoms with van der Waals surface area (Å²) in [6, 6.07) is 4.07. The Labute approximate surface area is 125 Å². The van der Waals surface area contributed by atoms with Gasteiger partial charge in [0.15, 0.2) is 0 Å². The van der Waals surface area contributed by atoms with Crippen LogP contribution in [0, 0.1) is 0 Å². The van der Waals surface area contributed by atoms with Crippen LogP contribution in [-0.2, 0) is 11.2 Å². The van der Waals surface area contributed by atoms with E-state index < -0.39 is 0 Å². The van der Waals surface area contributed by atoms with E-state index in [1.165, 1.54) is 43.4 Å². The van der Waals surface area contributed by atoms with E-state index in [9.17, 15) is 4.79 Å². The highest BCUT2D eigenvalue weighted by Crippen LogP contribution is 2.53. The zero-order valence-electron chi connectivity index (χ0n) is 11.9. The van der Waals surface area contributed by atoms with Crippen molar-refractivity contribution in [3.05, 3.63) is 28.3 Å². The molecular formula is C17H20ClNO. The summed E-state index contributed by atoms with van der Waals surface area (Å²) in [6.45, 7) is 2.29. The van der Waals surface area contributed by atoms with E-state index in [4.69, 9.17) is 11.6 Å². The predicted octanol–water partition coefficient (Wildman–Crippen LogP) is 4.44. The van der Waals surface area contributed by atoms with E-state index in [0.29, 0.717) is 12.3 Å². The van der Waals surface area contributed by atoms with Gasteiger partial charge >= 0.3 is 0 Å². The third-order valence-electron chi connectivity index (χ3n) is 5.47. The molecule has 1 aromatic rings. The van der Waals surface area contributed by atoms with Crippen LogP contribution in [0.2, 0.25) is 5.02 Å². The predicted molar refractivity (Wildman–Crippen MR) is 81.5 cm³/mol. The second kappa shape index (κ2) is 4.24. The number of benzene rings is 1. The zero-order valence-corrected chi connectivity index (χ0v) is 12.7. The van der Waals surface area contributed by atoms with Crippen LogP contribution in [0.15, 0.2) is 12.1 Å². The second-order valence-corrected chi connectivity index (χ2v) is 7.24. The number of carbonyl (C=O) groups excluding carboxylic acids is 1. The Morgan fingerprint density at radius 3 is 2.75 bits per heavy atom. The number of amides is 1. The van der Waals surface area contributed by atoms with Crippen LogP contribution in [0.5, 0.6) is 0 Å². The number of carbonyl (C=O) groups is 1. The number of hydrogen-bond acceptors (Lipinski definition) is 1. The van der Waals surface area contributed by atoms with Gasteiger partial charge in [-0.15, -0.1) is 0 Å². The summed E-state index contributed by atoms with van der Waals surface area (Å²) in [4.78, 5) is 14.8. The van der Waals surface area contributed by atoms with E-state index in [1.54, 1.807) is 0 Å². The molecule has 0 bridgehead atoms. The molecule has 3 heteroatoms. The van der Waals surface area contributed by atoms with Crippen molar-refractivity contribution in [2.75, 3.05) is 4.90 Å². The molecule has 106 valence electrons. The van der Waals surface area contributed by atoms with Crippen molar-refractivity contribution in [2.45, 2.75) is 63.3 Å². The highest BCUT2D eigenvalue weighted by molar-refractivity contribution is 6.31. The molecule has 1 atom stereocenters. The summed E-state index contributed by atoms with van der Waals surface area (Å²) in [5.74, 6) is 0.792. The van der Waals surface area contributed by atoms with Crippen molar-refractivity contribution < 1.29 is 4.79 Å². The van der Waals surface area contributed by atoms with Gasteiger partial charge in [-0.3, -0.25) is 4.79 Å². The molecule has 20 heavy (non-hydrogen) atoms. The van der Waals surface area contributed by atoms with Crippen LogP contribution in [0.3, 0.4) is 0 Å². The Morgan fingerprint density at radius 2 is 2.00 bits per heavy atom. The molecule has 0 saturated heterocycles. The Bertz CT molecular complexity index is 589. The molecule has 1 amide bonds. The Kier molecular flexibility index (Phi) is 2.69. The lowest BCUT2D eigenvalue weighted by molar-refractivity contribution is -0.119. The van der Waals surface area contributed by atoms with E-state index >= 15 is 0 Å². The van der Waals surface area contributed by atoms with Gasteiger partial charge in [-0.25, -0.2) is 0 Å². The Hall–Kier alpha value is -1.02. The first-order chi connectivity index (χ1) is 9.61. The fraction of sp³-hybridized carbons (Fsp3) is 0.588.